The molecule has 2 rings (SSSR count). The SMILES string of the molecule is CCS(=O)(=O)N1CCN(Cc2c(C)nn(C)c2C)CC1. The second-order valence-electron chi connectivity index (χ2n) is 5.35. The highest BCUT2D eigenvalue weighted by Crippen LogP contribution is 2.16. The highest BCUT2D eigenvalue weighted by atomic mass is 32.2. The third-order valence-corrected chi connectivity index (χ3v) is 6.01. The number of aromatic nitrogens is 2. The van der Waals surface area contributed by atoms with Crippen LogP contribution in [0.4, 0.5) is 0 Å². The van der Waals surface area contributed by atoms with Gasteiger partial charge in [-0.1, -0.05) is 0 Å². The van der Waals surface area contributed by atoms with Crippen molar-refractivity contribution in [2.75, 3.05) is 31.9 Å². The molecule has 0 unspecified atom stereocenters. The molecular weight excluding hydrogens is 276 g/mol. The Morgan fingerprint density at radius 2 is 1.75 bits per heavy atom. The van der Waals surface area contributed by atoms with Gasteiger partial charge in [0.05, 0.1) is 11.4 Å². The predicted molar refractivity (Wildman–Crippen MR) is 79.0 cm³/mol. The van der Waals surface area contributed by atoms with Crippen LogP contribution in [0.3, 0.4) is 0 Å². The topological polar surface area (TPSA) is 58.4 Å². The molecular formula is C13H24N4O2S. The van der Waals surface area contributed by atoms with Gasteiger partial charge in [-0.2, -0.15) is 9.40 Å². The Labute approximate surface area is 121 Å². The van der Waals surface area contributed by atoms with Crippen LogP contribution in [0.15, 0.2) is 0 Å². The van der Waals surface area contributed by atoms with E-state index in [4.69, 9.17) is 0 Å². The first-order valence-electron chi connectivity index (χ1n) is 7.04. The molecule has 1 aliphatic heterocycles. The standard InChI is InChI=1S/C13H24N4O2S/c1-5-20(18,19)17-8-6-16(7-9-17)10-13-11(2)14-15(4)12(13)3/h5-10H2,1-4H3. The summed E-state index contributed by atoms with van der Waals surface area (Å²) in [5, 5.41) is 4.43. The zero-order chi connectivity index (χ0) is 14.9. The van der Waals surface area contributed by atoms with Crippen molar-refractivity contribution in [3.8, 4) is 0 Å². The van der Waals surface area contributed by atoms with E-state index < -0.39 is 10.0 Å². The molecule has 2 heterocycles. The third-order valence-electron chi connectivity index (χ3n) is 4.13. The minimum atomic E-state index is -3.04. The maximum atomic E-state index is 11.8. The van der Waals surface area contributed by atoms with Crippen molar-refractivity contribution in [2.24, 2.45) is 7.05 Å². The number of hydrogen-bond donors (Lipinski definition) is 0. The molecule has 0 amide bonds. The minimum Gasteiger partial charge on any atom is -0.296 e. The highest BCUT2D eigenvalue weighted by molar-refractivity contribution is 7.89. The summed E-state index contributed by atoms with van der Waals surface area (Å²) < 4.78 is 27.2. The predicted octanol–water partition coefficient (Wildman–Crippen LogP) is 0.504. The Bertz CT molecular complexity index is 571. The molecule has 1 aromatic rings. The van der Waals surface area contributed by atoms with Crippen molar-refractivity contribution in [1.29, 1.82) is 0 Å². The van der Waals surface area contributed by atoms with Gasteiger partial charge < -0.3 is 0 Å². The second-order valence-corrected chi connectivity index (χ2v) is 7.61. The van der Waals surface area contributed by atoms with E-state index >= 15 is 0 Å². The van der Waals surface area contributed by atoms with E-state index in [0.717, 1.165) is 25.3 Å². The molecule has 20 heavy (non-hydrogen) atoms. The zero-order valence-electron chi connectivity index (χ0n) is 12.8. The summed E-state index contributed by atoms with van der Waals surface area (Å²) >= 11 is 0. The average Bonchev–Trinajstić information content (AvgIpc) is 2.66. The Balaban J connectivity index is 1.98. The molecule has 1 saturated heterocycles. The summed E-state index contributed by atoms with van der Waals surface area (Å²) in [6, 6.07) is 0. The summed E-state index contributed by atoms with van der Waals surface area (Å²) in [4.78, 5) is 2.30. The van der Waals surface area contributed by atoms with Crippen molar-refractivity contribution in [1.82, 2.24) is 19.0 Å². The molecule has 114 valence electrons. The molecule has 0 aliphatic carbocycles. The molecule has 0 radical (unpaired) electrons. The van der Waals surface area contributed by atoms with Gasteiger partial charge in [0.2, 0.25) is 10.0 Å². The van der Waals surface area contributed by atoms with Crippen LogP contribution in [0, 0.1) is 13.8 Å². The summed E-state index contributed by atoms with van der Waals surface area (Å²) in [6.45, 7) is 9.41. The Kier molecular flexibility index (Phi) is 4.51. The lowest BCUT2D eigenvalue weighted by atomic mass is 10.1. The van der Waals surface area contributed by atoms with E-state index in [1.54, 1.807) is 11.2 Å². The van der Waals surface area contributed by atoms with Gasteiger partial charge in [-0.05, 0) is 20.8 Å². The van der Waals surface area contributed by atoms with Gasteiger partial charge in [0.1, 0.15) is 0 Å². The lowest BCUT2D eigenvalue weighted by Crippen LogP contribution is -2.48. The van der Waals surface area contributed by atoms with E-state index in [1.165, 1.54) is 11.3 Å². The quantitative estimate of drug-likeness (QED) is 0.813. The molecule has 0 N–H and O–H groups in total. The van der Waals surface area contributed by atoms with Crippen LogP contribution >= 0.6 is 0 Å². The molecule has 0 spiro atoms. The first kappa shape index (κ1) is 15.5. The maximum Gasteiger partial charge on any atom is 0.213 e. The molecule has 7 heteroatoms. The molecule has 1 aromatic heterocycles. The van der Waals surface area contributed by atoms with Crippen molar-refractivity contribution >= 4 is 10.0 Å². The maximum absolute atomic E-state index is 11.8. The highest BCUT2D eigenvalue weighted by Gasteiger charge is 2.26. The molecule has 0 saturated carbocycles. The number of piperazine rings is 1. The van der Waals surface area contributed by atoms with Crippen LogP contribution in [-0.4, -0.2) is 59.3 Å². The number of hydrogen-bond acceptors (Lipinski definition) is 4. The van der Waals surface area contributed by atoms with Crippen LogP contribution in [0.1, 0.15) is 23.9 Å². The normalized spacial score (nSPS) is 18.6. The van der Waals surface area contributed by atoms with Crippen LogP contribution in [0.5, 0.6) is 0 Å². The molecule has 1 fully saturated rings. The van der Waals surface area contributed by atoms with E-state index in [9.17, 15) is 8.42 Å². The fraction of sp³-hybridized carbons (Fsp3) is 0.769. The minimum absolute atomic E-state index is 0.188. The molecule has 0 bridgehead atoms. The molecule has 0 atom stereocenters. The smallest absolute Gasteiger partial charge is 0.213 e. The summed E-state index contributed by atoms with van der Waals surface area (Å²) in [6.07, 6.45) is 0. The van der Waals surface area contributed by atoms with Crippen molar-refractivity contribution in [3.05, 3.63) is 17.0 Å². The van der Waals surface area contributed by atoms with Gasteiger partial charge in [0.25, 0.3) is 0 Å². The third kappa shape index (κ3) is 3.05. The zero-order valence-corrected chi connectivity index (χ0v) is 13.6. The average molecular weight is 300 g/mol. The Morgan fingerprint density at radius 1 is 1.15 bits per heavy atom. The lowest BCUT2D eigenvalue weighted by molar-refractivity contribution is 0.181. The van der Waals surface area contributed by atoms with Crippen molar-refractivity contribution < 1.29 is 8.42 Å². The van der Waals surface area contributed by atoms with Crippen LogP contribution in [0.25, 0.3) is 0 Å². The van der Waals surface area contributed by atoms with E-state index in [1.807, 2.05) is 18.7 Å². The fourth-order valence-electron chi connectivity index (χ4n) is 2.62. The van der Waals surface area contributed by atoms with Crippen molar-refractivity contribution in [3.63, 3.8) is 0 Å². The molecule has 1 aliphatic rings. The number of rotatable bonds is 4. The van der Waals surface area contributed by atoms with Crippen LogP contribution in [0.2, 0.25) is 0 Å². The van der Waals surface area contributed by atoms with E-state index in [2.05, 4.69) is 16.9 Å². The Hall–Kier alpha value is -0.920. The summed E-state index contributed by atoms with van der Waals surface area (Å²) in [5.74, 6) is 0.188. The van der Waals surface area contributed by atoms with Crippen LogP contribution < -0.4 is 0 Å². The summed E-state index contributed by atoms with van der Waals surface area (Å²) in [7, 11) is -1.08. The Morgan fingerprint density at radius 3 is 2.20 bits per heavy atom. The largest absolute Gasteiger partial charge is 0.296 e. The van der Waals surface area contributed by atoms with Gasteiger partial charge in [0, 0.05) is 51.0 Å². The van der Waals surface area contributed by atoms with E-state index in [-0.39, 0.29) is 5.75 Å². The number of sulfonamides is 1. The van der Waals surface area contributed by atoms with Gasteiger partial charge in [-0.15, -0.1) is 0 Å². The van der Waals surface area contributed by atoms with E-state index in [0.29, 0.717) is 13.1 Å². The first-order chi connectivity index (χ1) is 9.35. The second kappa shape index (κ2) is 5.83. The van der Waals surface area contributed by atoms with Gasteiger partial charge in [0.15, 0.2) is 0 Å². The number of aryl methyl sites for hydroxylation is 2. The van der Waals surface area contributed by atoms with Gasteiger partial charge in [-0.25, -0.2) is 8.42 Å². The van der Waals surface area contributed by atoms with Crippen molar-refractivity contribution in [2.45, 2.75) is 27.3 Å². The molecule has 6 nitrogen and oxygen atoms in total. The fourth-order valence-corrected chi connectivity index (χ4v) is 3.70. The lowest BCUT2D eigenvalue weighted by Gasteiger charge is -2.33. The molecule has 0 aromatic carbocycles. The summed E-state index contributed by atoms with van der Waals surface area (Å²) in [5.41, 5.74) is 3.51. The van der Waals surface area contributed by atoms with Gasteiger partial charge >= 0.3 is 0 Å². The van der Waals surface area contributed by atoms with Gasteiger partial charge in [-0.3, -0.25) is 9.58 Å². The van der Waals surface area contributed by atoms with Crippen LogP contribution in [-0.2, 0) is 23.6 Å². The number of nitrogens with zero attached hydrogens (tertiary/aromatic N) is 4. The first-order valence-corrected chi connectivity index (χ1v) is 8.65. The monoisotopic (exact) mass is 300 g/mol.